The van der Waals surface area contributed by atoms with Crippen LogP contribution in [0.15, 0.2) is 42.5 Å². The fraction of sp³-hybridized carbons (Fsp3) is 0.263. The molecule has 6 nitrogen and oxygen atoms in total. The highest BCUT2D eigenvalue weighted by Crippen LogP contribution is 2.38. The highest BCUT2D eigenvalue weighted by Gasteiger charge is 2.16. The fourth-order valence-corrected chi connectivity index (χ4v) is 2.71. The van der Waals surface area contributed by atoms with E-state index in [0.717, 1.165) is 6.42 Å². The van der Waals surface area contributed by atoms with Crippen molar-refractivity contribution in [3.63, 3.8) is 0 Å². The van der Waals surface area contributed by atoms with Gasteiger partial charge in [0.25, 0.3) is 5.91 Å². The van der Waals surface area contributed by atoms with Gasteiger partial charge in [-0.05, 0) is 29.8 Å². The molecule has 0 unspecified atom stereocenters. The molecule has 1 amide bonds. The van der Waals surface area contributed by atoms with E-state index in [0.29, 0.717) is 40.9 Å². The summed E-state index contributed by atoms with van der Waals surface area (Å²) in [5.41, 5.74) is 1.16. The monoisotopic (exact) mass is 375 g/mol. The number of hydrogen-bond acceptors (Lipinski definition) is 5. The second-order valence-corrected chi connectivity index (χ2v) is 6.07. The van der Waals surface area contributed by atoms with Gasteiger partial charge in [0, 0.05) is 12.0 Å². The second-order valence-electron chi connectivity index (χ2n) is 5.66. The number of rotatable bonds is 5. The Morgan fingerprint density at radius 2 is 1.88 bits per heavy atom. The highest BCUT2D eigenvalue weighted by molar-refractivity contribution is 6.32. The zero-order valence-electron chi connectivity index (χ0n) is 14.0. The van der Waals surface area contributed by atoms with Gasteiger partial charge >= 0.3 is 5.97 Å². The molecule has 136 valence electrons. The van der Waals surface area contributed by atoms with Crippen LogP contribution >= 0.6 is 11.6 Å². The molecular formula is C19H18ClNO5. The second kappa shape index (κ2) is 8.58. The van der Waals surface area contributed by atoms with E-state index in [9.17, 15) is 9.59 Å². The van der Waals surface area contributed by atoms with Crippen LogP contribution in [0.4, 0.5) is 0 Å². The van der Waals surface area contributed by atoms with Crippen LogP contribution in [0.25, 0.3) is 0 Å². The molecule has 0 radical (unpaired) electrons. The number of nitrogens with one attached hydrogen (secondary N) is 1. The lowest BCUT2D eigenvalue weighted by atomic mass is 10.2. The smallest absolute Gasteiger partial charge is 0.325 e. The quantitative estimate of drug-likeness (QED) is 0.813. The van der Waals surface area contributed by atoms with Crippen LogP contribution in [0.1, 0.15) is 22.3 Å². The number of esters is 1. The van der Waals surface area contributed by atoms with Crippen molar-refractivity contribution in [3.05, 3.63) is 58.6 Å². The molecule has 26 heavy (non-hydrogen) atoms. The molecule has 1 heterocycles. The maximum atomic E-state index is 11.9. The van der Waals surface area contributed by atoms with Gasteiger partial charge in [0.05, 0.1) is 18.2 Å². The Hall–Kier alpha value is -2.73. The molecular weight excluding hydrogens is 358 g/mol. The molecule has 0 saturated heterocycles. The van der Waals surface area contributed by atoms with Crippen LogP contribution in [0.3, 0.4) is 0 Å². The standard InChI is InChI=1S/C19H18ClNO5/c20-15-9-13(10-16-18(15)25-8-4-7-24-16)12-26-17(22)11-21-19(23)14-5-2-1-3-6-14/h1-3,5-6,9-10H,4,7-8,11-12H2,(H,21,23). The summed E-state index contributed by atoms with van der Waals surface area (Å²) < 4.78 is 16.3. The summed E-state index contributed by atoms with van der Waals surface area (Å²) in [5.74, 6) is 0.173. The first-order chi connectivity index (χ1) is 12.6. The minimum Gasteiger partial charge on any atom is -0.489 e. The average molecular weight is 376 g/mol. The number of carbonyl (C=O) groups is 2. The van der Waals surface area contributed by atoms with Crippen molar-refractivity contribution in [2.24, 2.45) is 0 Å². The molecule has 1 N–H and O–H groups in total. The van der Waals surface area contributed by atoms with Crippen molar-refractivity contribution in [2.45, 2.75) is 13.0 Å². The van der Waals surface area contributed by atoms with Crippen molar-refractivity contribution >= 4 is 23.5 Å². The average Bonchev–Trinajstić information content (AvgIpc) is 2.91. The molecule has 2 aromatic carbocycles. The number of benzene rings is 2. The molecule has 2 aromatic rings. The molecule has 0 atom stereocenters. The number of amides is 1. The van der Waals surface area contributed by atoms with E-state index in [-0.39, 0.29) is 19.1 Å². The third kappa shape index (κ3) is 4.67. The van der Waals surface area contributed by atoms with Gasteiger partial charge in [0.2, 0.25) is 0 Å². The van der Waals surface area contributed by atoms with Crippen LogP contribution in [0.5, 0.6) is 11.5 Å². The van der Waals surface area contributed by atoms with Crippen LogP contribution in [-0.2, 0) is 16.1 Å². The highest BCUT2D eigenvalue weighted by atomic mass is 35.5. The van der Waals surface area contributed by atoms with Crippen molar-refractivity contribution < 1.29 is 23.8 Å². The van der Waals surface area contributed by atoms with Crippen LogP contribution in [0, 0.1) is 0 Å². The first-order valence-electron chi connectivity index (χ1n) is 8.20. The Morgan fingerprint density at radius 1 is 1.12 bits per heavy atom. The molecule has 0 saturated carbocycles. The molecule has 3 rings (SSSR count). The van der Waals surface area contributed by atoms with Gasteiger partial charge in [-0.2, -0.15) is 0 Å². The van der Waals surface area contributed by atoms with E-state index < -0.39 is 5.97 Å². The summed E-state index contributed by atoms with van der Waals surface area (Å²) in [6.07, 6.45) is 0.774. The van der Waals surface area contributed by atoms with Crippen molar-refractivity contribution in [1.82, 2.24) is 5.32 Å². The first kappa shape index (κ1) is 18.1. The van der Waals surface area contributed by atoms with Gasteiger partial charge in [-0.15, -0.1) is 0 Å². The van der Waals surface area contributed by atoms with E-state index in [2.05, 4.69) is 5.32 Å². The van der Waals surface area contributed by atoms with Crippen molar-refractivity contribution in [2.75, 3.05) is 19.8 Å². The van der Waals surface area contributed by atoms with Crippen molar-refractivity contribution in [3.8, 4) is 11.5 Å². The molecule has 0 spiro atoms. The Labute approximate surface area is 156 Å². The van der Waals surface area contributed by atoms with Gasteiger partial charge in [-0.3, -0.25) is 9.59 Å². The van der Waals surface area contributed by atoms with Gasteiger partial charge in [-0.25, -0.2) is 0 Å². The molecule has 1 aliphatic rings. The van der Waals surface area contributed by atoms with E-state index in [1.54, 1.807) is 36.4 Å². The maximum Gasteiger partial charge on any atom is 0.325 e. The predicted molar refractivity (Wildman–Crippen MR) is 95.6 cm³/mol. The lowest BCUT2D eigenvalue weighted by Gasteiger charge is -2.12. The Kier molecular flexibility index (Phi) is 5.96. The first-order valence-corrected chi connectivity index (χ1v) is 8.58. The van der Waals surface area contributed by atoms with E-state index in [4.69, 9.17) is 25.8 Å². The van der Waals surface area contributed by atoms with E-state index >= 15 is 0 Å². The number of fused-ring (bicyclic) bond motifs is 1. The summed E-state index contributed by atoms with van der Waals surface area (Å²) in [7, 11) is 0. The Balaban J connectivity index is 1.52. The minimum absolute atomic E-state index is 0.0242. The number of ether oxygens (including phenoxy) is 3. The van der Waals surface area contributed by atoms with Crippen LogP contribution < -0.4 is 14.8 Å². The zero-order valence-corrected chi connectivity index (χ0v) is 14.8. The minimum atomic E-state index is -0.544. The van der Waals surface area contributed by atoms with E-state index in [1.165, 1.54) is 0 Å². The Bertz CT molecular complexity index is 794. The third-order valence-corrected chi connectivity index (χ3v) is 3.97. The van der Waals surface area contributed by atoms with Crippen LogP contribution in [-0.4, -0.2) is 31.6 Å². The van der Waals surface area contributed by atoms with Gasteiger partial charge in [-0.1, -0.05) is 29.8 Å². The molecule has 1 aliphatic heterocycles. The number of halogens is 1. The van der Waals surface area contributed by atoms with Crippen LogP contribution in [0.2, 0.25) is 5.02 Å². The van der Waals surface area contributed by atoms with Crippen molar-refractivity contribution in [1.29, 1.82) is 0 Å². The topological polar surface area (TPSA) is 73.9 Å². The maximum absolute atomic E-state index is 11.9. The Morgan fingerprint density at radius 3 is 2.69 bits per heavy atom. The van der Waals surface area contributed by atoms with E-state index in [1.807, 2.05) is 6.07 Å². The van der Waals surface area contributed by atoms with Gasteiger partial charge < -0.3 is 19.5 Å². The zero-order chi connectivity index (χ0) is 18.4. The summed E-state index contributed by atoms with van der Waals surface area (Å²) in [5, 5.41) is 2.93. The fourth-order valence-electron chi connectivity index (χ4n) is 2.43. The number of carbonyl (C=O) groups excluding carboxylic acids is 2. The summed E-state index contributed by atoms with van der Waals surface area (Å²) in [6, 6.07) is 12.1. The third-order valence-electron chi connectivity index (χ3n) is 3.69. The normalized spacial score (nSPS) is 12.8. The predicted octanol–water partition coefficient (Wildman–Crippen LogP) is 2.97. The summed E-state index contributed by atoms with van der Waals surface area (Å²) in [6.45, 7) is 0.892. The summed E-state index contributed by atoms with van der Waals surface area (Å²) in [4.78, 5) is 23.7. The molecule has 0 aromatic heterocycles. The molecule has 7 heteroatoms. The summed E-state index contributed by atoms with van der Waals surface area (Å²) >= 11 is 6.20. The lowest BCUT2D eigenvalue weighted by Crippen LogP contribution is -2.30. The lowest BCUT2D eigenvalue weighted by molar-refractivity contribution is -0.143. The largest absolute Gasteiger partial charge is 0.489 e. The molecule has 0 bridgehead atoms. The van der Waals surface area contributed by atoms with Gasteiger partial charge in [0.15, 0.2) is 11.5 Å². The SMILES string of the molecule is O=C(CNC(=O)c1ccccc1)OCc1cc(Cl)c2c(c1)OCCCO2. The van der Waals surface area contributed by atoms with Gasteiger partial charge in [0.1, 0.15) is 13.2 Å². The number of hydrogen-bond donors (Lipinski definition) is 1. The molecule has 0 fully saturated rings. The molecule has 0 aliphatic carbocycles.